The Kier molecular flexibility index (Phi) is 3.20. The monoisotopic (exact) mass is 232 g/mol. The van der Waals surface area contributed by atoms with Gasteiger partial charge in [0.1, 0.15) is 0 Å². The summed E-state index contributed by atoms with van der Waals surface area (Å²) >= 11 is 6.24. The highest BCUT2D eigenvalue weighted by atomic mass is 35.5. The first kappa shape index (κ1) is 11.1. The molecule has 0 bridgehead atoms. The van der Waals surface area contributed by atoms with Gasteiger partial charge in [0.05, 0.1) is 16.9 Å². The van der Waals surface area contributed by atoms with E-state index in [0.29, 0.717) is 5.92 Å². The largest absolute Gasteiger partial charge is 0.261 e. The molecule has 0 aliphatic heterocycles. The molecule has 0 N–H and O–H groups in total. The molecule has 0 saturated heterocycles. The van der Waals surface area contributed by atoms with Crippen molar-refractivity contribution >= 4 is 11.6 Å². The summed E-state index contributed by atoms with van der Waals surface area (Å²) < 4.78 is 0. The summed E-state index contributed by atoms with van der Waals surface area (Å²) in [6.07, 6.45) is 5.04. The first-order chi connectivity index (χ1) is 7.68. The zero-order chi connectivity index (χ0) is 11.5. The van der Waals surface area contributed by atoms with Crippen LogP contribution in [0.5, 0.6) is 0 Å². The molecule has 82 valence electrons. The van der Waals surface area contributed by atoms with E-state index in [1.165, 1.54) is 5.56 Å². The molecular formula is C13H13ClN2. The minimum atomic E-state index is 0.480. The van der Waals surface area contributed by atoms with Crippen LogP contribution in [0.1, 0.15) is 25.3 Å². The van der Waals surface area contributed by atoms with Crippen LogP contribution in [0.2, 0.25) is 5.02 Å². The predicted octanol–water partition coefficient (Wildman–Crippen LogP) is 3.92. The SMILES string of the molecule is CC(C)c1ccc(-c2cnccn2)c(Cl)c1. The van der Waals surface area contributed by atoms with Crippen LogP contribution in [-0.4, -0.2) is 9.97 Å². The van der Waals surface area contributed by atoms with Gasteiger partial charge in [0.25, 0.3) is 0 Å². The molecule has 0 aliphatic carbocycles. The zero-order valence-electron chi connectivity index (χ0n) is 9.31. The van der Waals surface area contributed by atoms with Crippen molar-refractivity contribution < 1.29 is 0 Å². The second kappa shape index (κ2) is 4.62. The van der Waals surface area contributed by atoms with Crippen molar-refractivity contribution in [2.45, 2.75) is 19.8 Å². The number of benzene rings is 1. The Morgan fingerprint density at radius 1 is 1.19 bits per heavy atom. The molecular weight excluding hydrogens is 220 g/mol. The molecule has 2 nitrogen and oxygen atoms in total. The molecule has 0 aliphatic rings. The third-order valence-electron chi connectivity index (χ3n) is 2.50. The van der Waals surface area contributed by atoms with Gasteiger partial charge >= 0.3 is 0 Å². The quantitative estimate of drug-likeness (QED) is 0.784. The highest BCUT2D eigenvalue weighted by molar-refractivity contribution is 6.33. The maximum Gasteiger partial charge on any atom is 0.0900 e. The minimum absolute atomic E-state index is 0.480. The number of hydrogen-bond donors (Lipinski definition) is 0. The van der Waals surface area contributed by atoms with E-state index in [1.54, 1.807) is 18.6 Å². The first-order valence-corrected chi connectivity index (χ1v) is 5.62. The van der Waals surface area contributed by atoms with E-state index in [9.17, 15) is 0 Å². The third kappa shape index (κ3) is 2.22. The van der Waals surface area contributed by atoms with Crippen molar-refractivity contribution in [3.8, 4) is 11.3 Å². The van der Waals surface area contributed by atoms with Crippen molar-refractivity contribution in [3.63, 3.8) is 0 Å². The number of aromatic nitrogens is 2. The Morgan fingerprint density at radius 3 is 2.56 bits per heavy atom. The lowest BCUT2D eigenvalue weighted by molar-refractivity contribution is 0.867. The van der Waals surface area contributed by atoms with E-state index < -0.39 is 0 Å². The van der Waals surface area contributed by atoms with Crippen molar-refractivity contribution in [1.82, 2.24) is 9.97 Å². The minimum Gasteiger partial charge on any atom is -0.261 e. The van der Waals surface area contributed by atoms with E-state index in [4.69, 9.17) is 11.6 Å². The van der Waals surface area contributed by atoms with E-state index in [1.807, 2.05) is 12.1 Å². The second-order valence-corrected chi connectivity index (χ2v) is 4.39. The number of nitrogens with zero attached hydrogens (tertiary/aromatic N) is 2. The lowest BCUT2D eigenvalue weighted by atomic mass is 10.0. The van der Waals surface area contributed by atoms with Crippen LogP contribution >= 0.6 is 11.6 Å². The number of hydrogen-bond acceptors (Lipinski definition) is 2. The van der Waals surface area contributed by atoms with Gasteiger partial charge in [-0.15, -0.1) is 0 Å². The van der Waals surface area contributed by atoms with Gasteiger partial charge in [-0.3, -0.25) is 9.97 Å². The van der Waals surface area contributed by atoms with Crippen LogP contribution in [0.15, 0.2) is 36.8 Å². The lowest BCUT2D eigenvalue weighted by Gasteiger charge is -2.08. The number of halogens is 1. The molecule has 0 atom stereocenters. The Hall–Kier alpha value is -1.41. The molecule has 0 fully saturated rings. The summed E-state index contributed by atoms with van der Waals surface area (Å²) in [6.45, 7) is 4.29. The smallest absolute Gasteiger partial charge is 0.0900 e. The van der Waals surface area contributed by atoms with Crippen molar-refractivity contribution in [2.24, 2.45) is 0 Å². The number of rotatable bonds is 2. The fraction of sp³-hybridized carbons (Fsp3) is 0.231. The molecule has 1 heterocycles. The van der Waals surface area contributed by atoms with Crippen LogP contribution < -0.4 is 0 Å². The van der Waals surface area contributed by atoms with Crippen LogP contribution in [-0.2, 0) is 0 Å². The maximum atomic E-state index is 6.24. The molecule has 0 radical (unpaired) electrons. The van der Waals surface area contributed by atoms with Gasteiger partial charge in [-0.1, -0.05) is 37.6 Å². The summed E-state index contributed by atoms with van der Waals surface area (Å²) in [4.78, 5) is 8.28. The summed E-state index contributed by atoms with van der Waals surface area (Å²) in [5.74, 6) is 0.480. The van der Waals surface area contributed by atoms with Gasteiger partial charge < -0.3 is 0 Å². The predicted molar refractivity (Wildman–Crippen MR) is 66.6 cm³/mol. The molecule has 0 spiro atoms. The first-order valence-electron chi connectivity index (χ1n) is 5.24. The van der Waals surface area contributed by atoms with E-state index in [-0.39, 0.29) is 0 Å². The summed E-state index contributed by atoms with van der Waals surface area (Å²) in [6, 6.07) is 6.08. The van der Waals surface area contributed by atoms with Gasteiger partial charge in [-0.2, -0.15) is 0 Å². The molecule has 1 aromatic carbocycles. The lowest BCUT2D eigenvalue weighted by Crippen LogP contribution is -1.90. The summed E-state index contributed by atoms with van der Waals surface area (Å²) in [5, 5.41) is 0.728. The normalized spacial score (nSPS) is 10.8. The van der Waals surface area contributed by atoms with Gasteiger partial charge in [-0.25, -0.2) is 0 Å². The summed E-state index contributed by atoms with van der Waals surface area (Å²) in [7, 11) is 0. The van der Waals surface area contributed by atoms with Gasteiger partial charge in [0.15, 0.2) is 0 Å². The average molecular weight is 233 g/mol. The van der Waals surface area contributed by atoms with E-state index >= 15 is 0 Å². The fourth-order valence-corrected chi connectivity index (χ4v) is 1.82. The average Bonchev–Trinajstić information content (AvgIpc) is 2.30. The molecule has 0 amide bonds. The van der Waals surface area contributed by atoms with Gasteiger partial charge in [-0.05, 0) is 17.5 Å². The second-order valence-electron chi connectivity index (χ2n) is 3.98. The Labute approximate surface area is 100 Å². The third-order valence-corrected chi connectivity index (χ3v) is 2.81. The van der Waals surface area contributed by atoms with E-state index in [0.717, 1.165) is 16.3 Å². The van der Waals surface area contributed by atoms with Crippen molar-refractivity contribution in [3.05, 3.63) is 47.4 Å². The highest BCUT2D eigenvalue weighted by Gasteiger charge is 2.07. The van der Waals surface area contributed by atoms with Gasteiger partial charge in [0, 0.05) is 18.0 Å². The van der Waals surface area contributed by atoms with Crippen LogP contribution in [0.4, 0.5) is 0 Å². The Bertz CT molecular complexity index is 481. The highest BCUT2D eigenvalue weighted by Crippen LogP contribution is 2.29. The molecule has 0 saturated carbocycles. The van der Waals surface area contributed by atoms with Crippen molar-refractivity contribution in [1.29, 1.82) is 0 Å². The molecule has 2 rings (SSSR count). The topological polar surface area (TPSA) is 25.8 Å². The van der Waals surface area contributed by atoms with Crippen LogP contribution in [0, 0.1) is 0 Å². The van der Waals surface area contributed by atoms with E-state index in [2.05, 4.69) is 29.9 Å². The molecule has 3 heteroatoms. The molecule has 2 aromatic rings. The summed E-state index contributed by atoms with van der Waals surface area (Å²) in [5.41, 5.74) is 2.97. The fourth-order valence-electron chi connectivity index (χ4n) is 1.54. The molecule has 16 heavy (non-hydrogen) atoms. The Morgan fingerprint density at radius 2 is 2.00 bits per heavy atom. The molecule has 1 aromatic heterocycles. The van der Waals surface area contributed by atoms with Crippen molar-refractivity contribution in [2.75, 3.05) is 0 Å². The maximum absolute atomic E-state index is 6.24. The van der Waals surface area contributed by atoms with Gasteiger partial charge in [0.2, 0.25) is 0 Å². The Balaban J connectivity index is 2.45. The zero-order valence-corrected chi connectivity index (χ0v) is 10.1. The molecule has 0 unspecified atom stereocenters. The van der Waals surface area contributed by atoms with Crippen LogP contribution in [0.3, 0.4) is 0 Å². The standard InChI is InChI=1S/C13H13ClN2/c1-9(2)10-3-4-11(12(14)7-10)13-8-15-5-6-16-13/h3-9H,1-2H3. The van der Waals surface area contributed by atoms with Crippen LogP contribution in [0.25, 0.3) is 11.3 Å².